The minimum absolute atomic E-state index is 0.149. The molecule has 0 rings (SSSR count). The number of aliphatic hydroxyl groups is 2. The van der Waals surface area contributed by atoms with Crippen molar-refractivity contribution in [3.05, 3.63) is 48.6 Å². The van der Waals surface area contributed by atoms with Crippen LogP contribution in [-0.4, -0.2) is 47.6 Å². The first-order valence-electron chi connectivity index (χ1n) is 18.3. The number of carbonyl (C=O) groups is 2. The fourth-order valence-electron chi connectivity index (χ4n) is 4.80. The summed E-state index contributed by atoms with van der Waals surface area (Å²) < 4.78 is 10.2. The first-order valence-corrected chi connectivity index (χ1v) is 18.3. The number of hydrogen-bond acceptors (Lipinski definition) is 6. The van der Waals surface area contributed by atoms with Crippen molar-refractivity contribution in [1.82, 2.24) is 0 Å². The average molecular weight is 633 g/mol. The van der Waals surface area contributed by atoms with Gasteiger partial charge in [0.25, 0.3) is 0 Å². The van der Waals surface area contributed by atoms with Gasteiger partial charge in [-0.2, -0.15) is 0 Å². The Morgan fingerprint density at radius 2 is 1.04 bits per heavy atom. The van der Waals surface area contributed by atoms with Crippen molar-refractivity contribution in [3.8, 4) is 0 Å². The van der Waals surface area contributed by atoms with E-state index in [1.54, 1.807) is 0 Å². The molecule has 2 atom stereocenters. The second-order valence-electron chi connectivity index (χ2n) is 12.2. The van der Waals surface area contributed by atoms with Gasteiger partial charge in [0, 0.05) is 12.8 Å². The highest BCUT2D eigenvalue weighted by molar-refractivity contribution is 5.69. The Balaban J connectivity index is 3.62. The predicted molar refractivity (Wildman–Crippen MR) is 188 cm³/mol. The molecule has 0 saturated carbocycles. The first-order chi connectivity index (χ1) is 22.0. The van der Waals surface area contributed by atoms with E-state index in [-0.39, 0.29) is 31.6 Å². The number of carbonyl (C=O) groups excluding carboxylic acids is 2. The summed E-state index contributed by atoms with van der Waals surface area (Å²) in [6.45, 7) is 4.14. The van der Waals surface area contributed by atoms with Crippen LogP contribution >= 0.6 is 0 Å². The predicted octanol–water partition coefficient (Wildman–Crippen LogP) is 10.0. The standard InChI is InChI=1S/C39H68O6/c1-3-5-7-9-11-12-13-14-15-16-20-24-28-32-38(42)44-34-37(41)35-45-39(43)33-29-25-21-17-19-23-27-31-36(40)30-26-22-18-10-8-6-4-2/h17-18,21-23,26-27,30,36-37,40-41H,3-16,19-20,24-25,28-29,31-35H2,1-2H3/b21-17+,22-18-,27-23-,30-26-/t36-,37-/m1/s1. The van der Waals surface area contributed by atoms with E-state index in [1.807, 2.05) is 42.5 Å². The van der Waals surface area contributed by atoms with Crippen LogP contribution in [0.4, 0.5) is 0 Å². The van der Waals surface area contributed by atoms with Crippen LogP contribution in [0.2, 0.25) is 0 Å². The van der Waals surface area contributed by atoms with Crippen LogP contribution in [0.25, 0.3) is 0 Å². The smallest absolute Gasteiger partial charge is 0.305 e. The van der Waals surface area contributed by atoms with E-state index in [0.29, 0.717) is 19.3 Å². The quantitative estimate of drug-likeness (QED) is 0.0332. The van der Waals surface area contributed by atoms with Gasteiger partial charge in [0.2, 0.25) is 0 Å². The minimum atomic E-state index is -1.00. The van der Waals surface area contributed by atoms with Gasteiger partial charge in [0.15, 0.2) is 0 Å². The van der Waals surface area contributed by atoms with Gasteiger partial charge in [-0.1, -0.05) is 152 Å². The SMILES string of the molecule is CCCCC/C=C\C=C/[C@@H](O)C/C=C\C/C=C/CCCC(=O)OC[C@H](O)COC(=O)CCCCCCCCCCCCCCC. The molecule has 0 radical (unpaired) electrons. The Morgan fingerprint density at radius 1 is 0.556 bits per heavy atom. The van der Waals surface area contributed by atoms with E-state index in [0.717, 1.165) is 38.5 Å². The fraction of sp³-hybridized carbons (Fsp3) is 0.744. The van der Waals surface area contributed by atoms with Gasteiger partial charge in [0.1, 0.15) is 19.3 Å². The summed E-state index contributed by atoms with van der Waals surface area (Å²) in [7, 11) is 0. The van der Waals surface area contributed by atoms with Crippen molar-refractivity contribution < 1.29 is 29.3 Å². The molecule has 0 unspecified atom stereocenters. The lowest BCUT2D eigenvalue weighted by Gasteiger charge is -2.12. The molecular weight excluding hydrogens is 564 g/mol. The maximum absolute atomic E-state index is 11.9. The molecule has 0 bridgehead atoms. The van der Waals surface area contributed by atoms with Crippen LogP contribution in [0.1, 0.15) is 162 Å². The molecule has 0 amide bonds. The second-order valence-corrected chi connectivity index (χ2v) is 12.2. The van der Waals surface area contributed by atoms with Crippen molar-refractivity contribution in [2.45, 2.75) is 174 Å². The lowest BCUT2D eigenvalue weighted by atomic mass is 10.0. The lowest BCUT2D eigenvalue weighted by molar-refractivity contribution is -0.152. The van der Waals surface area contributed by atoms with Crippen molar-refractivity contribution >= 4 is 11.9 Å². The van der Waals surface area contributed by atoms with Crippen molar-refractivity contribution in [1.29, 1.82) is 0 Å². The molecule has 260 valence electrons. The molecule has 0 aromatic rings. The van der Waals surface area contributed by atoms with Crippen molar-refractivity contribution in [2.75, 3.05) is 13.2 Å². The molecule has 0 aliphatic rings. The average Bonchev–Trinajstić information content (AvgIpc) is 3.03. The molecule has 0 aliphatic heterocycles. The molecule has 0 aliphatic carbocycles. The Kier molecular flexibility index (Phi) is 33.0. The lowest BCUT2D eigenvalue weighted by Crippen LogP contribution is -2.25. The zero-order valence-corrected chi connectivity index (χ0v) is 29.0. The number of aliphatic hydroxyl groups excluding tert-OH is 2. The van der Waals surface area contributed by atoms with Crippen molar-refractivity contribution in [2.24, 2.45) is 0 Å². The summed E-state index contributed by atoms with van der Waals surface area (Å²) in [5.41, 5.74) is 0. The normalized spacial score (nSPS) is 13.4. The van der Waals surface area contributed by atoms with E-state index in [2.05, 4.69) is 19.9 Å². The maximum Gasteiger partial charge on any atom is 0.305 e. The summed E-state index contributed by atoms with van der Waals surface area (Å²) in [5.74, 6) is -0.669. The van der Waals surface area contributed by atoms with Crippen LogP contribution in [0.15, 0.2) is 48.6 Å². The molecule has 6 nitrogen and oxygen atoms in total. The maximum atomic E-state index is 11.9. The van der Waals surface area contributed by atoms with Gasteiger partial charge in [-0.3, -0.25) is 9.59 Å². The zero-order chi connectivity index (χ0) is 33.1. The zero-order valence-electron chi connectivity index (χ0n) is 29.0. The largest absolute Gasteiger partial charge is 0.463 e. The van der Waals surface area contributed by atoms with Crippen LogP contribution in [-0.2, 0) is 19.1 Å². The van der Waals surface area contributed by atoms with Gasteiger partial charge in [-0.05, 0) is 44.9 Å². The third kappa shape index (κ3) is 34.5. The monoisotopic (exact) mass is 633 g/mol. The topological polar surface area (TPSA) is 93.1 Å². The van der Waals surface area contributed by atoms with Gasteiger partial charge >= 0.3 is 11.9 Å². The summed E-state index contributed by atoms with van der Waals surface area (Å²) in [6.07, 6.45) is 39.0. The molecule has 0 aromatic carbocycles. The molecular formula is C39H68O6. The molecule has 0 saturated heterocycles. The summed E-state index contributed by atoms with van der Waals surface area (Å²) >= 11 is 0. The molecule has 0 fully saturated rings. The molecule has 6 heteroatoms. The van der Waals surface area contributed by atoms with Crippen LogP contribution in [0, 0.1) is 0 Å². The Bertz CT molecular complexity index is 784. The van der Waals surface area contributed by atoms with E-state index < -0.39 is 12.2 Å². The van der Waals surface area contributed by atoms with E-state index in [1.165, 1.54) is 83.5 Å². The Hall–Kier alpha value is -2.18. The summed E-state index contributed by atoms with van der Waals surface area (Å²) in [5, 5.41) is 19.9. The van der Waals surface area contributed by atoms with Crippen LogP contribution in [0.3, 0.4) is 0 Å². The Morgan fingerprint density at radius 3 is 1.64 bits per heavy atom. The van der Waals surface area contributed by atoms with Gasteiger partial charge in [-0.15, -0.1) is 0 Å². The third-order valence-corrected chi connectivity index (χ3v) is 7.65. The number of allylic oxidation sites excluding steroid dienone is 6. The highest BCUT2D eigenvalue weighted by Gasteiger charge is 2.12. The highest BCUT2D eigenvalue weighted by Crippen LogP contribution is 2.13. The number of esters is 2. The number of hydrogen-bond donors (Lipinski definition) is 2. The van der Waals surface area contributed by atoms with Crippen LogP contribution in [0.5, 0.6) is 0 Å². The second kappa shape index (κ2) is 34.7. The molecule has 0 aromatic heterocycles. The van der Waals surface area contributed by atoms with Gasteiger partial charge in [0.05, 0.1) is 6.10 Å². The third-order valence-electron chi connectivity index (χ3n) is 7.65. The van der Waals surface area contributed by atoms with Crippen LogP contribution < -0.4 is 0 Å². The number of rotatable bonds is 32. The fourth-order valence-corrected chi connectivity index (χ4v) is 4.80. The van der Waals surface area contributed by atoms with E-state index in [4.69, 9.17) is 9.47 Å². The van der Waals surface area contributed by atoms with Crippen molar-refractivity contribution in [3.63, 3.8) is 0 Å². The first kappa shape index (κ1) is 42.8. The Labute approximate surface area is 276 Å². The number of ether oxygens (including phenoxy) is 2. The minimum Gasteiger partial charge on any atom is -0.463 e. The molecule has 45 heavy (non-hydrogen) atoms. The van der Waals surface area contributed by atoms with Gasteiger partial charge in [-0.25, -0.2) is 0 Å². The molecule has 2 N–H and O–H groups in total. The van der Waals surface area contributed by atoms with E-state index >= 15 is 0 Å². The highest BCUT2D eigenvalue weighted by atomic mass is 16.6. The van der Waals surface area contributed by atoms with E-state index in [9.17, 15) is 19.8 Å². The van der Waals surface area contributed by atoms with Gasteiger partial charge < -0.3 is 19.7 Å². The summed E-state index contributed by atoms with van der Waals surface area (Å²) in [6, 6.07) is 0. The summed E-state index contributed by atoms with van der Waals surface area (Å²) in [4.78, 5) is 23.8. The molecule has 0 spiro atoms. The number of unbranched alkanes of at least 4 members (excludes halogenated alkanes) is 16. The molecule has 0 heterocycles.